The summed E-state index contributed by atoms with van der Waals surface area (Å²) in [5.74, 6) is -2.55. The molecule has 112 valence electrons. The molecule has 0 unspecified atom stereocenters. The standard InChI is InChI=1S/C11H21NO6S/c1-8(2)6-18-4-5-19(16,17)7-10(11(14)15)12-9(3)13/h8,10H,4-7H2,1-3H3,(H,12,13)(H,14,15)/t10-/m0/s1. The first-order valence-electron chi connectivity index (χ1n) is 5.92. The average molecular weight is 295 g/mol. The molecule has 0 rings (SSSR count). The van der Waals surface area contributed by atoms with Crippen molar-refractivity contribution in [3.8, 4) is 0 Å². The van der Waals surface area contributed by atoms with Crippen molar-refractivity contribution in [1.29, 1.82) is 0 Å². The maximum atomic E-state index is 11.7. The molecule has 0 fully saturated rings. The highest BCUT2D eigenvalue weighted by Crippen LogP contribution is 1.99. The summed E-state index contributed by atoms with van der Waals surface area (Å²) in [5, 5.41) is 10.9. The second kappa shape index (κ2) is 8.11. The van der Waals surface area contributed by atoms with E-state index < -0.39 is 33.5 Å². The van der Waals surface area contributed by atoms with Crippen LogP contribution in [0.1, 0.15) is 20.8 Å². The van der Waals surface area contributed by atoms with Crippen LogP contribution in [0.25, 0.3) is 0 Å². The van der Waals surface area contributed by atoms with E-state index in [0.29, 0.717) is 12.5 Å². The monoisotopic (exact) mass is 295 g/mol. The Kier molecular flexibility index (Phi) is 7.62. The van der Waals surface area contributed by atoms with Crippen molar-refractivity contribution in [2.24, 2.45) is 5.92 Å². The molecule has 0 aromatic heterocycles. The molecule has 0 saturated heterocycles. The second-order valence-corrected chi connectivity index (χ2v) is 6.90. The Hall–Kier alpha value is -1.15. The molecular formula is C11H21NO6S. The first-order valence-corrected chi connectivity index (χ1v) is 7.74. The number of hydrogen-bond donors (Lipinski definition) is 2. The van der Waals surface area contributed by atoms with Crippen LogP contribution in [0.3, 0.4) is 0 Å². The number of hydrogen-bond acceptors (Lipinski definition) is 5. The maximum absolute atomic E-state index is 11.7. The van der Waals surface area contributed by atoms with E-state index in [2.05, 4.69) is 5.32 Å². The van der Waals surface area contributed by atoms with Gasteiger partial charge in [0.2, 0.25) is 5.91 Å². The van der Waals surface area contributed by atoms with Crippen LogP contribution in [0.2, 0.25) is 0 Å². The summed E-state index contributed by atoms with van der Waals surface area (Å²) >= 11 is 0. The fourth-order valence-electron chi connectivity index (χ4n) is 1.26. The largest absolute Gasteiger partial charge is 0.480 e. The fraction of sp³-hybridized carbons (Fsp3) is 0.818. The molecule has 19 heavy (non-hydrogen) atoms. The molecule has 0 radical (unpaired) electrons. The van der Waals surface area contributed by atoms with Gasteiger partial charge in [-0.1, -0.05) is 13.8 Å². The molecular weight excluding hydrogens is 274 g/mol. The fourth-order valence-corrected chi connectivity index (χ4v) is 2.53. The predicted octanol–water partition coefficient (Wildman–Crippen LogP) is -0.337. The Balaban J connectivity index is 4.31. The summed E-state index contributed by atoms with van der Waals surface area (Å²) in [6.45, 7) is 5.47. The molecule has 0 aliphatic heterocycles. The molecule has 0 spiro atoms. The van der Waals surface area contributed by atoms with Gasteiger partial charge in [0.05, 0.1) is 18.1 Å². The molecule has 0 saturated carbocycles. The lowest BCUT2D eigenvalue weighted by atomic mass is 10.2. The highest BCUT2D eigenvalue weighted by atomic mass is 32.2. The van der Waals surface area contributed by atoms with Crippen molar-refractivity contribution in [2.75, 3.05) is 24.7 Å². The predicted molar refractivity (Wildman–Crippen MR) is 69.6 cm³/mol. The van der Waals surface area contributed by atoms with E-state index in [9.17, 15) is 18.0 Å². The van der Waals surface area contributed by atoms with Crippen LogP contribution in [-0.2, 0) is 24.2 Å². The molecule has 0 bridgehead atoms. The van der Waals surface area contributed by atoms with Gasteiger partial charge in [0.25, 0.3) is 0 Å². The number of carboxylic acid groups (broad SMARTS) is 1. The van der Waals surface area contributed by atoms with E-state index in [1.807, 2.05) is 13.8 Å². The number of nitrogens with one attached hydrogen (secondary N) is 1. The third-order valence-electron chi connectivity index (χ3n) is 2.09. The molecule has 1 atom stereocenters. The summed E-state index contributed by atoms with van der Waals surface area (Å²) < 4.78 is 28.5. The lowest BCUT2D eigenvalue weighted by molar-refractivity contribution is -0.140. The van der Waals surface area contributed by atoms with Crippen molar-refractivity contribution in [3.05, 3.63) is 0 Å². The van der Waals surface area contributed by atoms with E-state index in [1.54, 1.807) is 0 Å². The first-order chi connectivity index (χ1) is 8.64. The number of ether oxygens (including phenoxy) is 1. The van der Waals surface area contributed by atoms with Gasteiger partial charge in [-0.15, -0.1) is 0 Å². The third-order valence-corrected chi connectivity index (χ3v) is 3.72. The van der Waals surface area contributed by atoms with Crippen molar-refractivity contribution in [3.63, 3.8) is 0 Å². The van der Waals surface area contributed by atoms with E-state index in [0.717, 1.165) is 6.92 Å². The summed E-state index contributed by atoms with van der Waals surface area (Å²) in [4.78, 5) is 21.6. The smallest absolute Gasteiger partial charge is 0.327 e. The zero-order valence-corrected chi connectivity index (χ0v) is 12.2. The highest BCUT2D eigenvalue weighted by Gasteiger charge is 2.25. The van der Waals surface area contributed by atoms with E-state index >= 15 is 0 Å². The molecule has 0 aromatic rings. The van der Waals surface area contributed by atoms with E-state index in [-0.39, 0.29) is 12.4 Å². The molecule has 7 nitrogen and oxygen atoms in total. The van der Waals surface area contributed by atoms with Gasteiger partial charge in [0.15, 0.2) is 9.84 Å². The van der Waals surface area contributed by atoms with Gasteiger partial charge in [-0.3, -0.25) is 4.79 Å². The van der Waals surface area contributed by atoms with Gasteiger partial charge in [-0.05, 0) is 5.92 Å². The highest BCUT2D eigenvalue weighted by molar-refractivity contribution is 7.91. The number of carbonyl (C=O) groups is 2. The van der Waals surface area contributed by atoms with Crippen molar-refractivity contribution >= 4 is 21.7 Å². The lowest BCUT2D eigenvalue weighted by Crippen LogP contribution is -2.45. The first kappa shape index (κ1) is 17.8. The quantitative estimate of drug-likeness (QED) is 0.563. The lowest BCUT2D eigenvalue weighted by Gasteiger charge is -2.13. The third kappa shape index (κ3) is 9.43. The number of amides is 1. The number of aliphatic carboxylic acids is 1. The second-order valence-electron chi connectivity index (χ2n) is 4.67. The van der Waals surface area contributed by atoms with Crippen LogP contribution in [-0.4, -0.2) is 56.2 Å². The van der Waals surface area contributed by atoms with Gasteiger partial charge < -0.3 is 15.2 Å². The zero-order chi connectivity index (χ0) is 15.1. The van der Waals surface area contributed by atoms with Crippen LogP contribution in [0.5, 0.6) is 0 Å². The van der Waals surface area contributed by atoms with Gasteiger partial charge in [-0.25, -0.2) is 13.2 Å². The number of carbonyl (C=O) groups excluding carboxylic acids is 1. The zero-order valence-electron chi connectivity index (χ0n) is 11.4. The van der Waals surface area contributed by atoms with Crippen molar-refractivity contribution < 1.29 is 27.9 Å². The minimum Gasteiger partial charge on any atom is -0.480 e. The molecule has 0 aliphatic rings. The van der Waals surface area contributed by atoms with Crippen LogP contribution >= 0.6 is 0 Å². The maximum Gasteiger partial charge on any atom is 0.327 e. The van der Waals surface area contributed by atoms with Gasteiger partial charge in [-0.2, -0.15) is 0 Å². The summed E-state index contributed by atoms with van der Waals surface area (Å²) in [6.07, 6.45) is 0. The van der Waals surface area contributed by atoms with Crippen molar-refractivity contribution in [2.45, 2.75) is 26.8 Å². The Morgan fingerprint density at radius 3 is 2.32 bits per heavy atom. The Morgan fingerprint density at radius 1 is 1.32 bits per heavy atom. The Bertz CT molecular complexity index is 403. The summed E-state index contributed by atoms with van der Waals surface area (Å²) in [7, 11) is -3.59. The molecule has 0 heterocycles. The SMILES string of the molecule is CC(=O)N[C@@H](CS(=O)(=O)CCOCC(C)C)C(=O)O. The molecule has 1 amide bonds. The molecule has 8 heteroatoms. The molecule has 0 aromatic carbocycles. The van der Waals surface area contributed by atoms with Crippen LogP contribution in [0.4, 0.5) is 0 Å². The van der Waals surface area contributed by atoms with Crippen LogP contribution in [0, 0.1) is 5.92 Å². The number of carboxylic acids is 1. The summed E-state index contributed by atoms with van der Waals surface area (Å²) in [6, 6.07) is -1.42. The minimum atomic E-state index is -3.59. The van der Waals surface area contributed by atoms with Gasteiger partial charge in [0.1, 0.15) is 6.04 Å². The topological polar surface area (TPSA) is 110 Å². The Morgan fingerprint density at radius 2 is 1.89 bits per heavy atom. The molecule has 0 aliphatic carbocycles. The van der Waals surface area contributed by atoms with Crippen LogP contribution < -0.4 is 5.32 Å². The van der Waals surface area contributed by atoms with Gasteiger partial charge >= 0.3 is 5.97 Å². The minimum absolute atomic E-state index is 0.0208. The summed E-state index contributed by atoms with van der Waals surface area (Å²) in [5.41, 5.74) is 0. The number of rotatable bonds is 9. The van der Waals surface area contributed by atoms with Crippen LogP contribution in [0.15, 0.2) is 0 Å². The average Bonchev–Trinajstić information content (AvgIpc) is 2.22. The van der Waals surface area contributed by atoms with Gasteiger partial charge in [0, 0.05) is 13.5 Å². The normalized spacial score (nSPS) is 13.3. The van der Waals surface area contributed by atoms with E-state index in [1.165, 1.54) is 0 Å². The number of sulfone groups is 1. The Labute approximate surface area is 113 Å². The molecule has 2 N–H and O–H groups in total. The van der Waals surface area contributed by atoms with Crippen molar-refractivity contribution in [1.82, 2.24) is 5.32 Å². The van der Waals surface area contributed by atoms with E-state index in [4.69, 9.17) is 9.84 Å².